The van der Waals surface area contributed by atoms with Gasteiger partial charge < -0.3 is 14.6 Å². The van der Waals surface area contributed by atoms with E-state index in [1.54, 1.807) is 0 Å². The third-order valence-electron chi connectivity index (χ3n) is 4.61. The molecular weight excluding hydrogens is 320 g/mol. The lowest BCUT2D eigenvalue weighted by molar-refractivity contribution is -0.136. The Labute approximate surface area is 146 Å². The van der Waals surface area contributed by atoms with Crippen LogP contribution >= 0.6 is 0 Å². The van der Waals surface area contributed by atoms with Crippen LogP contribution in [0.15, 0.2) is 23.1 Å². The largest absolute Gasteiger partial charge is 0.375 e. The van der Waals surface area contributed by atoms with Gasteiger partial charge >= 0.3 is 0 Å². The van der Waals surface area contributed by atoms with Crippen molar-refractivity contribution in [2.24, 2.45) is 0 Å². The van der Waals surface area contributed by atoms with Crippen LogP contribution in [0.4, 0.5) is 0 Å². The Bertz CT molecular complexity index is 810. The lowest BCUT2D eigenvalue weighted by atomic mass is 10.1. The molecule has 0 aliphatic carbocycles. The first kappa shape index (κ1) is 17.6. The van der Waals surface area contributed by atoms with Gasteiger partial charge in [-0.3, -0.25) is 19.5 Å². The maximum atomic E-state index is 12.0. The van der Waals surface area contributed by atoms with Crippen molar-refractivity contribution < 1.29 is 9.53 Å². The minimum atomic E-state index is -0.0424. The average Bonchev–Trinajstić information content (AvgIpc) is 2.62. The second kappa shape index (κ2) is 7.76. The number of aromatic amines is 1. The summed E-state index contributed by atoms with van der Waals surface area (Å²) in [5.74, 6) is 0.0406. The first-order valence-electron chi connectivity index (χ1n) is 8.60. The number of ether oxygens (including phenoxy) is 1. The van der Waals surface area contributed by atoms with Crippen LogP contribution in [-0.2, 0) is 22.5 Å². The van der Waals surface area contributed by atoms with Gasteiger partial charge in [0, 0.05) is 51.6 Å². The highest BCUT2D eigenvalue weighted by molar-refractivity contribution is 5.77. The Morgan fingerprint density at radius 1 is 1.28 bits per heavy atom. The van der Waals surface area contributed by atoms with Crippen molar-refractivity contribution in [2.45, 2.75) is 19.9 Å². The number of H-pyrrole nitrogens is 1. The lowest BCUT2D eigenvalue weighted by Crippen LogP contribution is -2.49. The summed E-state index contributed by atoms with van der Waals surface area (Å²) in [5.41, 5.74) is 3.36. The maximum absolute atomic E-state index is 12.0. The number of amides is 1. The smallest absolute Gasteiger partial charge is 0.251 e. The first-order chi connectivity index (χ1) is 12.1. The van der Waals surface area contributed by atoms with Gasteiger partial charge in [-0.1, -0.05) is 6.92 Å². The summed E-state index contributed by atoms with van der Waals surface area (Å²) in [7, 11) is 1.54. The number of hydrogen-bond donors (Lipinski definition) is 1. The third-order valence-corrected chi connectivity index (χ3v) is 4.61. The van der Waals surface area contributed by atoms with E-state index in [0.717, 1.165) is 41.8 Å². The number of carbonyl (C=O) groups is 1. The molecule has 1 amide bonds. The number of pyridine rings is 2. The molecule has 3 rings (SSSR count). The molecule has 0 atom stereocenters. The Morgan fingerprint density at radius 2 is 2.04 bits per heavy atom. The molecule has 134 valence electrons. The molecule has 7 heteroatoms. The Balaban J connectivity index is 1.66. The highest BCUT2D eigenvalue weighted by Gasteiger charge is 2.21. The first-order valence-corrected chi connectivity index (χ1v) is 8.60. The summed E-state index contributed by atoms with van der Waals surface area (Å²) < 4.78 is 4.90. The van der Waals surface area contributed by atoms with Gasteiger partial charge in [-0.05, 0) is 24.1 Å². The number of aromatic nitrogens is 2. The van der Waals surface area contributed by atoms with E-state index in [1.807, 2.05) is 30.2 Å². The molecule has 3 heterocycles. The minimum Gasteiger partial charge on any atom is -0.375 e. The van der Waals surface area contributed by atoms with Crippen molar-refractivity contribution in [3.8, 4) is 0 Å². The van der Waals surface area contributed by atoms with Gasteiger partial charge in [-0.25, -0.2) is 0 Å². The fourth-order valence-electron chi connectivity index (χ4n) is 3.14. The molecule has 0 radical (unpaired) electrons. The van der Waals surface area contributed by atoms with Crippen LogP contribution in [0.1, 0.15) is 18.1 Å². The Kier molecular flexibility index (Phi) is 5.45. The van der Waals surface area contributed by atoms with E-state index in [2.05, 4.69) is 14.9 Å². The molecule has 7 nitrogen and oxygen atoms in total. The van der Waals surface area contributed by atoms with Gasteiger partial charge in [-0.15, -0.1) is 0 Å². The van der Waals surface area contributed by atoms with E-state index in [0.29, 0.717) is 19.5 Å². The molecule has 0 aromatic carbocycles. The van der Waals surface area contributed by atoms with Crippen LogP contribution in [0.5, 0.6) is 0 Å². The summed E-state index contributed by atoms with van der Waals surface area (Å²) >= 11 is 0. The zero-order valence-corrected chi connectivity index (χ0v) is 14.7. The second-order valence-corrected chi connectivity index (χ2v) is 6.34. The van der Waals surface area contributed by atoms with Gasteiger partial charge in [0.25, 0.3) is 5.56 Å². The Morgan fingerprint density at radius 3 is 2.72 bits per heavy atom. The highest BCUT2D eigenvalue weighted by Crippen LogP contribution is 2.14. The molecule has 0 bridgehead atoms. The zero-order chi connectivity index (χ0) is 17.8. The maximum Gasteiger partial charge on any atom is 0.251 e. The van der Waals surface area contributed by atoms with Crippen molar-refractivity contribution in [3.05, 3.63) is 39.8 Å². The quantitative estimate of drug-likeness (QED) is 0.867. The number of rotatable bonds is 5. The summed E-state index contributed by atoms with van der Waals surface area (Å²) in [6, 6.07) is 3.85. The van der Waals surface area contributed by atoms with Crippen molar-refractivity contribution in [2.75, 3.05) is 39.9 Å². The zero-order valence-electron chi connectivity index (χ0n) is 14.7. The number of hydrogen-bond acceptors (Lipinski definition) is 5. The molecule has 0 unspecified atom stereocenters. The molecule has 1 saturated heterocycles. The van der Waals surface area contributed by atoms with Crippen molar-refractivity contribution >= 4 is 16.9 Å². The molecule has 0 spiro atoms. The van der Waals surface area contributed by atoms with Crippen LogP contribution in [0.2, 0.25) is 0 Å². The van der Waals surface area contributed by atoms with Crippen molar-refractivity contribution in [1.82, 2.24) is 19.8 Å². The van der Waals surface area contributed by atoms with E-state index < -0.39 is 0 Å². The molecular formula is C18H24N4O3. The van der Waals surface area contributed by atoms with Crippen molar-refractivity contribution in [1.29, 1.82) is 0 Å². The van der Waals surface area contributed by atoms with E-state index in [-0.39, 0.29) is 18.1 Å². The van der Waals surface area contributed by atoms with Gasteiger partial charge in [0.05, 0.1) is 11.0 Å². The highest BCUT2D eigenvalue weighted by atomic mass is 16.5. The number of fused-ring (bicyclic) bond motifs is 1. The molecule has 2 aromatic rings. The summed E-state index contributed by atoms with van der Waals surface area (Å²) in [4.78, 5) is 35.3. The van der Waals surface area contributed by atoms with Gasteiger partial charge in [-0.2, -0.15) is 0 Å². The average molecular weight is 344 g/mol. The Hall–Kier alpha value is -2.25. The molecule has 1 aliphatic rings. The molecule has 2 aromatic heterocycles. The normalized spacial score (nSPS) is 15.7. The second-order valence-electron chi connectivity index (χ2n) is 6.34. The number of carbonyl (C=O) groups excluding carboxylic acids is 1. The summed E-state index contributed by atoms with van der Waals surface area (Å²) in [5, 5.41) is 0. The third kappa shape index (κ3) is 4.05. The predicted octanol–water partition coefficient (Wildman–Crippen LogP) is 0.776. The van der Waals surface area contributed by atoms with Crippen LogP contribution in [0.25, 0.3) is 11.0 Å². The van der Waals surface area contributed by atoms with E-state index >= 15 is 0 Å². The number of piperazine rings is 1. The van der Waals surface area contributed by atoms with E-state index in [4.69, 9.17) is 4.74 Å². The number of nitrogens with one attached hydrogen (secondary N) is 1. The summed E-state index contributed by atoms with van der Waals surface area (Å²) in [6.45, 7) is 5.91. The SMILES string of the molecule is CCc1cc2ncc(CN3CCN(C(=O)COC)CC3)cc2[nH]c1=O. The number of aryl methyl sites for hydroxylation is 1. The summed E-state index contributed by atoms with van der Waals surface area (Å²) in [6.07, 6.45) is 2.56. The minimum absolute atomic E-state index is 0.0406. The van der Waals surface area contributed by atoms with E-state index in [1.165, 1.54) is 7.11 Å². The molecule has 1 fully saturated rings. The van der Waals surface area contributed by atoms with Gasteiger partial charge in [0.2, 0.25) is 5.91 Å². The fraction of sp³-hybridized carbons (Fsp3) is 0.500. The topological polar surface area (TPSA) is 78.5 Å². The van der Waals surface area contributed by atoms with Crippen LogP contribution in [0.3, 0.4) is 0 Å². The van der Waals surface area contributed by atoms with Crippen LogP contribution < -0.4 is 5.56 Å². The van der Waals surface area contributed by atoms with Crippen LogP contribution in [-0.4, -0.2) is 65.6 Å². The molecule has 1 N–H and O–H groups in total. The van der Waals surface area contributed by atoms with Crippen LogP contribution in [0, 0.1) is 0 Å². The number of methoxy groups -OCH3 is 1. The molecule has 25 heavy (non-hydrogen) atoms. The molecule has 1 aliphatic heterocycles. The van der Waals surface area contributed by atoms with Gasteiger partial charge in [0.1, 0.15) is 6.61 Å². The lowest BCUT2D eigenvalue weighted by Gasteiger charge is -2.34. The van der Waals surface area contributed by atoms with E-state index in [9.17, 15) is 9.59 Å². The molecule has 0 saturated carbocycles. The standard InChI is InChI=1S/C18H24N4O3/c1-3-14-9-15-16(20-18(14)24)8-13(10-19-15)11-21-4-6-22(7-5-21)17(23)12-25-2/h8-10H,3-7,11-12H2,1-2H3,(H,20,24). The number of nitrogens with zero attached hydrogens (tertiary/aromatic N) is 3. The van der Waals surface area contributed by atoms with Crippen molar-refractivity contribution in [3.63, 3.8) is 0 Å². The monoisotopic (exact) mass is 344 g/mol. The fourth-order valence-corrected chi connectivity index (χ4v) is 3.14. The predicted molar refractivity (Wildman–Crippen MR) is 95.5 cm³/mol. The van der Waals surface area contributed by atoms with Gasteiger partial charge in [0.15, 0.2) is 0 Å².